The first-order chi connectivity index (χ1) is 10.3. The van der Waals surface area contributed by atoms with E-state index in [1.807, 2.05) is 31.2 Å². The highest BCUT2D eigenvalue weighted by Crippen LogP contribution is 2.33. The van der Waals surface area contributed by atoms with Crippen molar-refractivity contribution in [2.24, 2.45) is 5.73 Å². The topological polar surface area (TPSA) is 74.2 Å². The maximum Gasteiger partial charge on any atom is 0.230 e. The number of benzene rings is 1. The average Bonchev–Trinajstić information content (AvgIpc) is 2.99. The minimum atomic E-state index is 0.322. The summed E-state index contributed by atoms with van der Waals surface area (Å²) < 4.78 is 11.1. The van der Waals surface area contributed by atoms with Gasteiger partial charge in [-0.2, -0.15) is 4.98 Å². The minimum Gasteiger partial charge on any atom is -0.493 e. The second-order valence-electron chi connectivity index (χ2n) is 5.50. The van der Waals surface area contributed by atoms with E-state index in [0.717, 1.165) is 42.9 Å². The van der Waals surface area contributed by atoms with Crippen LogP contribution < -0.4 is 10.5 Å². The van der Waals surface area contributed by atoms with Crippen molar-refractivity contribution in [3.05, 3.63) is 30.2 Å². The van der Waals surface area contributed by atoms with Gasteiger partial charge in [-0.3, -0.25) is 0 Å². The molecular formula is C16H21N3O2. The van der Waals surface area contributed by atoms with Gasteiger partial charge in [-0.15, -0.1) is 0 Å². The van der Waals surface area contributed by atoms with Crippen LogP contribution in [0.1, 0.15) is 44.4 Å². The number of hydrogen-bond donors (Lipinski definition) is 1. The number of rotatable bonds is 4. The largest absolute Gasteiger partial charge is 0.493 e. The molecule has 3 rings (SSSR count). The molecule has 5 heteroatoms. The average molecular weight is 287 g/mol. The number of nitrogens with zero attached hydrogens (tertiary/aromatic N) is 2. The minimum absolute atomic E-state index is 0.322. The van der Waals surface area contributed by atoms with E-state index in [9.17, 15) is 0 Å². The van der Waals surface area contributed by atoms with Gasteiger partial charge >= 0.3 is 0 Å². The van der Waals surface area contributed by atoms with E-state index in [1.165, 1.54) is 0 Å². The normalized spacial score (nSPS) is 22.2. The molecule has 0 radical (unpaired) electrons. The Morgan fingerprint density at radius 1 is 1.24 bits per heavy atom. The monoisotopic (exact) mass is 287 g/mol. The molecule has 2 N–H and O–H groups in total. The fraction of sp³-hybridized carbons (Fsp3) is 0.500. The summed E-state index contributed by atoms with van der Waals surface area (Å²) in [5.74, 6) is 2.45. The molecule has 0 spiro atoms. The summed E-state index contributed by atoms with van der Waals surface area (Å²) in [7, 11) is 0. The van der Waals surface area contributed by atoms with Crippen LogP contribution in [0.3, 0.4) is 0 Å². The Bertz CT molecular complexity index is 589. The van der Waals surface area contributed by atoms with E-state index in [-0.39, 0.29) is 0 Å². The van der Waals surface area contributed by atoms with Gasteiger partial charge in [-0.1, -0.05) is 17.3 Å². The number of hydrogen-bond acceptors (Lipinski definition) is 5. The quantitative estimate of drug-likeness (QED) is 0.935. The molecule has 1 fully saturated rings. The van der Waals surface area contributed by atoms with Gasteiger partial charge in [0, 0.05) is 12.0 Å². The molecule has 0 unspecified atom stereocenters. The molecule has 1 saturated carbocycles. The lowest BCUT2D eigenvalue weighted by Crippen LogP contribution is -2.25. The van der Waals surface area contributed by atoms with E-state index >= 15 is 0 Å². The fourth-order valence-electron chi connectivity index (χ4n) is 2.81. The van der Waals surface area contributed by atoms with Crippen molar-refractivity contribution in [3.8, 4) is 17.1 Å². The van der Waals surface area contributed by atoms with Crippen LogP contribution in [-0.4, -0.2) is 22.8 Å². The molecular weight excluding hydrogens is 266 g/mol. The van der Waals surface area contributed by atoms with Crippen LogP contribution >= 0.6 is 0 Å². The number of nitrogens with two attached hydrogens (primary N) is 1. The van der Waals surface area contributed by atoms with E-state index < -0.39 is 0 Å². The lowest BCUT2D eigenvalue weighted by molar-refractivity contribution is 0.301. The Morgan fingerprint density at radius 3 is 2.76 bits per heavy atom. The van der Waals surface area contributed by atoms with Crippen LogP contribution in [0.15, 0.2) is 28.8 Å². The molecule has 0 amide bonds. The van der Waals surface area contributed by atoms with Crippen molar-refractivity contribution in [2.45, 2.75) is 44.6 Å². The summed E-state index contributed by atoms with van der Waals surface area (Å²) in [6, 6.07) is 8.10. The highest BCUT2D eigenvalue weighted by Gasteiger charge is 2.25. The van der Waals surface area contributed by atoms with Gasteiger partial charge in [-0.05, 0) is 44.7 Å². The first-order valence-corrected chi connectivity index (χ1v) is 7.59. The predicted molar refractivity (Wildman–Crippen MR) is 80.1 cm³/mol. The zero-order valence-electron chi connectivity index (χ0n) is 12.3. The molecule has 0 aliphatic heterocycles. The second-order valence-corrected chi connectivity index (χ2v) is 5.50. The van der Waals surface area contributed by atoms with Crippen molar-refractivity contribution in [3.63, 3.8) is 0 Å². The standard InChI is InChI=1S/C16H21N3O2/c1-2-20-14-6-4-3-5-13(14)15-18-16(21-19-15)11-7-9-12(17)10-8-11/h3-6,11-12H,2,7-10,17H2,1H3. The molecule has 1 aliphatic rings. The summed E-state index contributed by atoms with van der Waals surface area (Å²) in [4.78, 5) is 4.57. The summed E-state index contributed by atoms with van der Waals surface area (Å²) in [5.41, 5.74) is 6.82. The van der Waals surface area contributed by atoms with Crippen molar-refractivity contribution < 1.29 is 9.26 Å². The van der Waals surface area contributed by atoms with Crippen LogP contribution in [0.4, 0.5) is 0 Å². The second kappa shape index (κ2) is 6.26. The van der Waals surface area contributed by atoms with Crippen LogP contribution in [0.5, 0.6) is 5.75 Å². The lowest BCUT2D eigenvalue weighted by Gasteiger charge is -2.22. The van der Waals surface area contributed by atoms with Gasteiger partial charge < -0.3 is 15.0 Å². The van der Waals surface area contributed by atoms with E-state index in [4.69, 9.17) is 15.0 Å². The van der Waals surface area contributed by atoms with E-state index in [2.05, 4.69) is 10.1 Å². The van der Waals surface area contributed by atoms with Crippen LogP contribution in [0.2, 0.25) is 0 Å². The van der Waals surface area contributed by atoms with Crippen molar-refractivity contribution >= 4 is 0 Å². The van der Waals surface area contributed by atoms with Crippen LogP contribution in [0, 0.1) is 0 Å². The van der Waals surface area contributed by atoms with Crippen LogP contribution in [0.25, 0.3) is 11.4 Å². The molecule has 0 bridgehead atoms. The number of aromatic nitrogens is 2. The third kappa shape index (κ3) is 3.08. The van der Waals surface area contributed by atoms with Gasteiger partial charge in [0.05, 0.1) is 12.2 Å². The Balaban J connectivity index is 1.82. The highest BCUT2D eigenvalue weighted by molar-refractivity contribution is 5.63. The molecule has 1 aromatic heterocycles. The van der Waals surface area contributed by atoms with Crippen molar-refractivity contribution in [1.29, 1.82) is 0 Å². The molecule has 112 valence electrons. The van der Waals surface area contributed by atoms with Crippen molar-refractivity contribution in [2.75, 3.05) is 6.61 Å². The summed E-state index contributed by atoms with van der Waals surface area (Å²) in [6.07, 6.45) is 4.10. The van der Waals surface area contributed by atoms with Gasteiger partial charge in [0.1, 0.15) is 5.75 Å². The molecule has 21 heavy (non-hydrogen) atoms. The lowest BCUT2D eigenvalue weighted by atomic mass is 9.86. The molecule has 5 nitrogen and oxygen atoms in total. The maximum atomic E-state index is 5.94. The van der Waals surface area contributed by atoms with Gasteiger partial charge in [0.2, 0.25) is 11.7 Å². The summed E-state index contributed by atoms with van der Waals surface area (Å²) in [5, 5.41) is 4.13. The third-order valence-corrected chi connectivity index (χ3v) is 3.99. The smallest absolute Gasteiger partial charge is 0.230 e. The molecule has 1 aliphatic carbocycles. The predicted octanol–water partition coefficient (Wildman–Crippen LogP) is 3.12. The third-order valence-electron chi connectivity index (χ3n) is 3.99. The van der Waals surface area contributed by atoms with E-state index in [1.54, 1.807) is 0 Å². The Labute approximate surface area is 124 Å². The Hall–Kier alpha value is -1.88. The number of para-hydroxylation sites is 1. The molecule has 1 heterocycles. The molecule has 1 aromatic carbocycles. The van der Waals surface area contributed by atoms with E-state index in [0.29, 0.717) is 24.4 Å². The van der Waals surface area contributed by atoms with Crippen LogP contribution in [-0.2, 0) is 0 Å². The first kappa shape index (κ1) is 14.1. The maximum absolute atomic E-state index is 5.94. The highest BCUT2D eigenvalue weighted by atomic mass is 16.5. The summed E-state index contributed by atoms with van der Waals surface area (Å²) in [6.45, 7) is 2.58. The fourth-order valence-corrected chi connectivity index (χ4v) is 2.81. The SMILES string of the molecule is CCOc1ccccc1-c1noc(C2CCC(N)CC2)n1. The van der Waals surface area contributed by atoms with Crippen molar-refractivity contribution in [1.82, 2.24) is 10.1 Å². The Kier molecular flexibility index (Phi) is 4.20. The molecule has 0 atom stereocenters. The first-order valence-electron chi connectivity index (χ1n) is 7.59. The van der Waals surface area contributed by atoms with Gasteiger partial charge in [-0.25, -0.2) is 0 Å². The molecule has 0 saturated heterocycles. The zero-order valence-corrected chi connectivity index (χ0v) is 12.3. The zero-order chi connectivity index (χ0) is 14.7. The molecule has 2 aromatic rings. The summed E-state index contributed by atoms with van der Waals surface area (Å²) >= 11 is 0. The van der Waals surface area contributed by atoms with Gasteiger partial charge in [0.15, 0.2) is 0 Å². The van der Waals surface area contributed by atoms with Gasteiger partial charge in [0.25, 0.3) is 0 Å². The Morgan fingerprint density at radius 2 is 2.00 bits per heavy atom. The number of ether oxygens (including phenoxy) is 1.